The summed E-state index contributed by atoms with van der Waals surface area (Å²) in [7, 11) is 1.47. The summed E-state index contributed by atoms with van der Waals surface area (Å²) in [5, 5.41) is 9.28. The predicted molar refractivity (Wildman–Crippen MR) is 117 cm³/mol. The molecule has 0 spiro atoms. The smallest absolute Gasteiger partial charge is 0.321 e. The van der Waals surface area contributed by atoms with Crippen LogP contribution in [-0.2, 0) is 4.79 Å². The number of carbonyl (C=O) groups excluding carboxylic acids is 2. The molecule has 0 saturated heterocycles. The van der Waals surface area contributed by atoms with Crippen molar-refractivity contribution in [2.75, 3.05) is 12.4 Å². The topological polar surface area (TPSA) is 96.3 Å². The number of urea groups is 1. The van der Waals surface area contributed by atoms with Crippen LogP contribution in [0.5, 0.6) is 0 Å². The Balaban J connectivity index is 1.71. The molecule has 1 aromatic heterocycles. The Morgan fingerprint density at radius 1 is 1.12 bits per heavy atom. The van der Waals surface area contributed by atoms with E-state index in [-0.39, 0.29) is 22.5 Å². The van der Waals surface area contributed by atoms with Gasteiger partial charge in [0.1, 0.15) is 11.6 Å². The molecule has 1 aliphatic rings. The molecule has 3 amide bonds. The minimum Gasteiger partial charge on any atom is -0.327 e. The van der Waals surface area contributed by atoms with E-state index in [0.29, 0.717) is 5.56 Å². The van der Waals surface area contributed by atoms with Crippen LogP contribution in [0.1, 0.15) is 17.2 Å². The van der Waals surface area contributed by atoms with Gasteiger partial charge in [-0.1, -0.05) is 12.1 Å². The fraction of sp³-hybridized carbons (Fsp3) is 0.130. The van der Waals surface area contributed by atoms with Crippen molar-refractivity contribution in [3.63, 3.8) is 0 Å². The minimum atomic E-state index is -0.846. The maximum atomic E-state index is 14.6. The fourth-order valence-electron chi connectivity index (χ4n) is 3.42. The van der Waals surface area contributed by atoms with Gasteiger partial charge >= 0.3 is 6.03 Å². The molecule has 33 heavy (non-hydrogen) atoms. The van der Waals surface area contributed by atoms with Gasteiger partial charge in [0.2, 0.25) is 0 Å². The lowest BCUT2D eigenvalue weighted by Crippen LogP contribution is -2.44. The summed E-state index contributed by atoms with van der Waals surface area (Å²) in [5.41, 5.74) is 0.611. The highest BCUT2D eigenvalue weighted by Crippen LogP contribution is 2.29. The predicted octanol–water partition coefficient (Wildman–Crippen LogP) is 3.04. The molecule has 2 aromatic carbocycles. The SMILES string of the molecule is Cc1c(F)cc(-n2ncccc2=O)cc1NC(=O)C1=CN(C)C(=O)NC1c1ccc(F)cc1. The third-order valence-electron chi connectivity index (χ3n) is 5.24. The van der Waals surface area contributed by atoms with Crippen molar-refractivity contribution in [2.24, 2.45) is 0 Å². The number of benzene rings is 2. The van der Waals surface area contributed by atoms with Gasteiger partial charge in [0.25, 0.3) is 11.5 Å². The van der Waals surface area contributed by atoms with Crippen molar-refractivity contribution in [3.8, 4) is 5.69 Å². The molecule has 4 rings (SSSR count). The van der Waals surface area contributed by atoms with Crippen LogP contribution >= 0.6 is 0 Å². The minimum absolute atomic E-state index is 0.130. The summed E-state index contributed by atoms with van der Waals surface area (Å²) in [4.78, 5) is 38.7. The molecular weight excluding hydrogens is 432 g/mol. The highest BCUT2D eigenvalue weighted by atomic mass is 19.1. The monoisotopic (exact) mass is 451 g/mol. The van der Waals surface area contributed by atoms with Gasteiger partial charge in [0.15, 0.2) is 0 Å². The first-order valence-corrected chi connectivity index (χ1v) is 9.91. The number of halogens is 2. The Bertz CT molecular complexity index is 1330. The van der Waals surface area contributed by atoms with E-state index in [1.807, 2.05) is 0 Å². The normalized spacial score (nSPS) is 15.6. The maximum Gasteiger partial charge on any atom is 0.321 e. The van der Waals surface area contributed by atoms with Crippen LogP contribution in [0.2, 0.25) is 0 Å². The standard InChI is InChI=1S/C23H19F2N5O3/c1-13-18(25)10-16(30-20(31)4-3-9-26-30)11-19(13)27-22(32)17-12-29(2)23(33)28-21(17)14-5-7-15(24)8-6-14/h3-12,21H,1-2H3,(H,27,32)(H,28,33). The molecule has 0 fully saturated rings. The van der Waals surface area contributed by atoms with E-state index in [4.69, 9.17) is 0 Å². The van der Waals surface area contributed by atoms with Crippen molar-refractivity contribution in [1.82, 2.24) is 20.0 Å². The van der Waals surface area contributed by atoms with Crippen LogP contribution in [0, 0.1) is 18.6 Å². The lowest BCUT2D eigenvalue weighted by molar-refractivity contribution is -0.113. The van der Waals surface area contributed by atoms with Gasteiger partial charge in [0.05, 0.1) is 17.3 Å². The Morgan fingerprint density at radius 2 is 1.85 bits per heavy atom. The molecule has 0 bridgehead atoms. The number of nitrogens with zero attached hydrogens (tertiary/aromatic N) is 3. The Hall–Kier alpha value is -4.34. The molecule has 8 nitrogen and oxygen atoms in total. The molecule has 168 valence electrons. The van der Waals surface area contributed by atoms with E-state index in [1.165, 1.54) is 73.7 Å². The number of rotatable bonds is 4. The van der Waals surface area contributed by atoms with Gasteiger partial charge in [-0.2, -0.15) is 9.78 Å². The average Bonchev–Trinajstić information content (AvgIpc) is 2.79. The molecule has 0 radical (unpaired) electrons. The van der Waals surface area contributed by atoms with E-state index in [2.05, 4.69) is 15.7 Å². The first-order chi connectivity index (χ1) is 15.7. The molecule has 2 N–H and O–H groups in total. The zero-order valence-electron chi connectivity index (χ0n) is 17.7. The molecule has 10 heteroatoms. The van der Waals surface area contributed by atoms with Crippen LogP contribution in [0.4, 0.5) is 19.3 Å². The molecule has 2 heterocycles. The molecule has 0 aliphatic carbocycles. The number of amides is 3. The third kappa shape index (κ3) is 4.36. The summed E-state index contributed by atoms with van der Waals surface area (Å²) in [6, 6.07) is 9.41. The molecule has 1 aliphatic heterocycles. The van der Waals surface area contributed by atoms with Crippen LogP contribution in [0.15, 0.2) is 71.3 Å². The fourth-order valence-corrected chi connectivity index (χ4v) is 3.42. The highest BCUT2D eigenvalue weighted by molar-refractivity contribution is 6.06. The second-order valence-electron chi connectivity index (χ2n) is 7.46. The quantitative estimate of drug-likeness (QED) is 0.637. The Kier molecular flexibility index (Phi) is 5.74. The van der Waals surface area contributed by atoms with E-state index >= 15 is 0 Å². The van der Waals surface area contributed by atoms with Gasteiger partial charge in [-0.05, 0) is 36.8 Å². The molecule has 3 aromatic rings. The number of hydrogen-bond acceptors (Lipinski definition) is 4. The van der Waals surface area contributed by atoms with Crippen LogP contribution in [0.3, 0.4) is 0 Å². The molecular formula is C23H19F2N5O3. The van der Waals surface area contributed by atoms with E-state index in [9.17, 15) is 23.2 Å². The summed E-state index contributed by atoms with van der Waals surface area (Å²) in [5.74, 6) is -1.71. The Labute approximate surface area is 187 Å². The van der Waals surface area contributed by atoms with Crippen LogP contribution in [0.25, 0.3) is 5.69 Å². The van der Waals surface area contributed by atoms with E-state index in [0.717, 1.165) is 10.7 Å². The number of nitrogens with one attached hydrogen (secondary N) is 2. The van der Waals surface area contributed by atoms with Crippen LogP contribution in [-0.4, -0.2) is 33.7 Å². The van der Waals surface area contributed by atoms with E-state index in [1.54, 1.807) is 0 Å². The number of hydrogen-bond donors (Lipinski definition) is 2. The van der Waals surface area contributed by atoms with Gasteiger partial charge in [-0.25, -0.2) is 13.6 Å². The maximum absolute atomic E-state index is 14.6. The van der Waals surface area contributed by atoms with Crippen molar-refractivity contribution in [2.45, 2.75) is 13.0 Å². The van der Waals surface area contributed by atoms with Crippen LogP contribution < -0.4 is 16.2 Å². The van der Waals surface area contributed by atoms with Crippen molar-refractivity contribution in [3.05, 3.63) is 99.6 Å². The first-order valence-electron chi connectivity index (χ1n) is 9.91. The third-order valence-corrected chi connectivity index (χ3v) is 5.24. The molecule has 1 unspecified atom stereocenters. The van der Waals surface area contributed by atoms with Crippen molar-refractivity contribution >= 4 is 17.6 Å². The van der Waals surface area contributed by atoms with Gasteiger partial charge < -0.3 is 15.5 Å². The summed E-state index contributed by atoms with van der Waals surface area (Å²) in [6.45, 7) is 1.48. The first kappa shape index (κ1) is 21.9. The molecule has 0 saturated carbocycles. The highest BCUT2D eigenvalue weighted by Gasteiger charge is 2.31. The summed E-state index contributed by atoms with van der Waals surface area (Å²) < 4.78 is 29.0. The average molecular weight is 451 g/mol. The molecule has 1 atom stereocenters. The second kappa shape index (κ2) is 8.65. The number of anilines is 1. The van der Waals surface area contributed by atoms with Gasteiger partial charge in [-0.15, -0.1) is 0 Å². The Morgan fingerprint density at radius 3 is 2.55 bits per heavy atom. The second-order valence-corrected chi connectivity index (χ2v) is 7.46. The number of aromatic nitrogens is 2. The van der Waals surface area contributed by atoms with E-state index < -0.39 is 35.2 Å². The van der Waals surface area contributed by atoms with Gasteiger partial charge in [-0.3, -0.25) is 9.59 Å². The zero-order valence-corrected chi connectivity index (χ0v) is 17.7. The largest absolute Gasteiger partial charge is 0.327 e. The number of carbonyl (C=O) groups is 2. The zero-order chi connectivity index (χ0) is 23.7. The van der Waals surface area contributed by atoms with Crippen molar-refractivity contribution in [1.29, 1.82) is 0 Å². The lowest BCUT2D eigenvalue weighted by Gasteiger charge is -2.30. The lowest BCUT2D eigenvalue weighted by atomic mass is 9.97. The summed E-state index contributed by atoms with van der Waals surface area (Å²) >= 11 is 0. The van der Waals surface area contributed by atoms with Crippen molar-refractivity contribution < 1.29 is 18.4 Å². The van der Waals surface area contributed by atoms with Gasteiger partial charge in [0, 0.05) is 42.8 Å². The summed E-state index contributed by atoms with van der Waals surface area (Å²) in [6.07, 6.45) is 2.75.